The first-order valence-electron chi connectivity index (χ1n) is 32.3. The van der Waals surface area contributed by atoms with Gasteiger partial charge >= 0.3 is 11.9 Å². The Kier molecular flexibility index (Phi) is 21.1. The van der Waals surface area contributed by atoms with Gasteiger partial charge in [0, 0.05) is 69.5 Å². The number of aliphatic hydroxyl groups is 2. The van der Waals surface area contributed by atoms with Gasteiger partial charge in [-0.15, -0.1) is 56.7 Å². The second kappa shape index (κ2) is 30.0. The molecule has 0 saturated carbocycles. The highest BCUT2D eigenvalue weighted by atomic mass is 32.1. The van der Waals surface area contributed by atoms with E-state index in [4.69, 9.17) is 53.8 Å². The molecule has 8 aromatic rings. The van der Waals surface area contributed by atoms with Crippen molar-refractivity contribution in [3.63, 3.8) is 0 Å². The molecule has 3 unspecified atom stereocenters. The number of fused-ring (bicyclic) bond motifs is 15. The van der Waals surface area contributed by atoms with Crippen molar-refractivity contribution in [3.05, 3.63) is 112 Å². The highest BCUT2D eigenvalue weighted by molar-refractivity contribution is 7.14. The molecule has 2 fully saturated rings. The number of likely N-dealkylation sites (N-methyl/N-ethyl adjacent to an activating group) is 1. The first kappa shape index (κ1) is 73.0. The molecular formula is C65H69N15O19S5. The van der Waals surface area contributed by atoms with Crippen LogP contribution in [0.2, 0.25) is 0 Å². The van der Waals surface area contributed by atoms with Gasteiger partial charge in [0.25, 0.3) is 23.6 Å². The molecule has 0 radical (unpaired) electrons. The number of primary amides is 1. The summed E-state index contributed by atoms with van der Waals surface area (Å²) in [7, 11) is 4.84. The molecule has 1 aromatic carbocycles. The fourth-order valence-electron chi connectivity index (χ4n) is 13.0. The average molecular weight is 1520 g/mol. The number of hydrogen-bond donors (Lipinski definition) is 10. The van der Waals surface area contributed by atoms with Crippen molar-refractivity contribution in [1.29, 1.82) is 0 Å². The summed E-state index contributed by atoms with van der Waals surface area (Å²) in [5, 5.41) is 68.3. The summed E-state index contributed by atoms with van der Waals surface area (Å²) in [6.07, 6.45) is -7.57. The highest BCUT2D eigenvalue weighted by Gasteiger charge is 2.50. The number of aromatic hydroxyl groups is 1. The highest BCUT2D eigenvalue weighted by Crippen LogP contribution is 2.43. The van der Waals surface area contributed by atoms with Crippen LogP contribution in [0.25, 0.3) is 49.3 Å². The van der Waals surface area contributed by atoms with E-state index >= 15 is 19.2 Å². The molecule has 0 aliphatic carbocycles. The Balaban J connectivity index is 0.960. The van der Waals surface area contributed by atoms with Gasteiger partial charge in [-0.1, -0.05) is 12.1 Å². The number of esters is 2. The van der Waals surface area contributed by atoms with Crippen molar-refractivity contribution in [3.8, 4) is 38.4 Å². The third-order valence-corrected chi connectivity index (χ3v) is 22.4. The number of thiazole rings is 5. The van der Waals surface area contributed by atoms with Crippen molar-refractivity contribution in [2.45, 2.75) is 114 Å². The minimum absolute atomic E-state index is 0.0115. The van der Waals surface area contributed by atoms with Gasteiger partial charge < -0.3 is 90.9 Å². The van der Waals surface area contributed by atoms with E-state index in [0.717, 1.165) is 56.7 Å². The lowest BCUT2D eigenvalue weighted by Gasteiger charge is -2.48. The van der Waals surface area contributed by atoms with E-state index in [2.05, 4.69) is 41.5 Å². The van der Waals surface area contributed by atoms with Gasteiger partial charge in [0.05, 0.1) is 56.3 Å². The lowest BCUT2D eigenvalue weighted by Crippen LogP contribution is -2.62. The second-order valence-corrected chi connectivity index (χ2v) is 29.7. The van der Waals surface area contributed by atoms with Crippen LogP contribution < -0.4 is 32.3 Å². The number of cyclic esters (lactones) is 2. The number of allylic oxidation sites excluding steroid dienone is 1. The molecule has 11 N–H and O–H groups in total. The average Bonchev–Trinajstić information content (AvgIpc) is 1.51. The van der Waals surface area contributed by atoms with Crippen molar-refractivity contribution in [1.82, 2.24) is 71.0 Å². The zero-order chi connectivity index (χ0) is 73.7. The topological polar surface area (TPSA) is 457 Å². The molecule has 39 heteroatoms. The molecule has 5 aliphatic rings. The Hall–Kier alpha value is -9.36. The van der Waals surface area contributed by atoms with E-state index in [-0.39, 0.29) is 111 Å². The number of ether oxygens (including phenoxy) is 7. The standard InChI is InChI=1S/C65H69N15O19S5/c1-26(81)43-57(88)76-44(27(2)93-7)60-71-38(25-102-60)56(87)77-47-49-50(99-41-16-65(4,91)51(78(5)6)28(3)98-41)64(90)96-18-29-9-8-10-39-42(29)31(19-95-49)48(80(39)92)63(89)97-20-33(68-54(85)36-24-104-62(47)73-36)59-69-34(21-101-59)45-30(58-70-37(22-100-58)55(86)75-43)15-40(82)46(74-45)61-72-35(23-103-61)53(84)67-32(52(66)83)17-79-11-13-94-14-12-79/h8-10,15,21-26,28,32-33,41,43,47,49-51,81-82,91-92H,11-14,16-20H2,1-7H3,(H2,66,83)(H,67,84)(H,68,85)(H,75,86)(H,76,88)(H,77,87)/b44-27+/t26-,28+,32?,33+,41+,43?,47+,49+,50+,51?,65+/m1/s1. The SMILES string of the molecule is CO/C(C)=C1/NC(=O)C([C@@H](C)O)NC(=O)c2csc(n2)-c2cc(O)c(-c3nc(C(=O)NC(CN4CCOCC4)C(N)=O)cs3)nc2-c2csc(n2)[C@@H]2COC(=O)c3c4c5c(cccc5n3O)COC(=O)[C@@H](O[C@H]3C[C@](C)(O)C(N(C)C)[C@H](C)O3)[C@@H](OC4)[C@H](NC(=O)c3csc1n3)c1nc(cs1)C(=O)N2. The molecular weight excluding hydrogens is 1460 g/mol. The Morgan fingerprint density at radius 2 is 1.52 bits per heavy atom. The van der Waals surface area contributed by atoms with Crippen molar-refractivity contribution in [2.24, 2.45) is 5.73 Å². The third kappa shape index (κ3) is 14.8. The van der Waals surface area contributed by atoms with Crippen molar-refractivity contribution < 1.29 is 92.0 Å². The lowest BCUT2D eigenvalue weighted by atomic mass is 9.85. The number of carbonyl (C=O) groups is 8. The summed E-state index contributed by atoms with van der Waals surface area (Å²) in [6, 6.07) is -0.453. The first-order valence-corrected chi connectivity index (χ1v) is 36.7. The maximum atomic E-state index is 15.2. The van der Waals surface area contributed by atoms with Crippen LogP contribution in [0.15, 0.2) is 56.9 Å². The molecule has 6 amide bonds. The van der Waals surface area contributed by atoms with Crippen molar-refractivity contribution >= 4 is 121 Å². The zero-order valence-electron chi connectivity index (χ0n) is 56.4. The summed E-state index contributed by atoms with van der Waals surface area (Å²) in [5.74, 6) is -7.93. The van der Waals surface area contributed by atoms with Gasteiger partial charge in [0.2, 0.25) is 11.8 Å². The number of benzene rings is 1. The quantitative estimate of drug-likeness (QED) is 0.0505. The summed E-state index contributed by atoms with van der Waals surface area (Å²) in [6.45, 7) is 6.21. The molecule has 34 nitrogen and oxygen atoms in total. The fraction of sp³-hybridized carbons (Fsp3) is 0.415. The van der Waals surface area contributed by atoms with E-state index in [1.54, 1.807) is 45.0 Å². The molecule has 104 heavy (non-hydrogen) atoms. The molecule has 13 rings (SSSR count). The first-order chi connectivity index (χ1) is 49.7. The molecule has 0 spiro atoms. The number of methoxy groups -OCH3 is 1. The molecule has 548 valence electrons. The van der Waals surface area contributed by atoms with Gasteiger partial charge in [-0.2, -0.15) is 4.73 Å². The number of amides is 6. The second-order valence-electron chi connectivity index (χ2n) is 25.4. The number of rotatable bonds is 11. The molecule has 12 heterocycles. The molecule has 7 aromatic heterocycles. The number of morpholine rings is 1. The summed E-state index contributed by atoms with van der Waals surface area (Å²) < 4.78 is 43.7. The smallest absolute Gasteiger partial charge is 0.358 e. The fourth-order valence-corrected chi connectivity index (χ4v) is 17.1. The largest absolute Gasteiger partial charge is 0.506 e. The van der Waals surface area contributed by atoms with E-state index in [9.17, 15) is 39.7 Å². The van der Waals surface area contributed by atoms with Gasteiger partial charge in [0.15, 0.2) is 18.1 Å². The Morgan fingerprint density at radius 1 is 0.846 bits per heavy atom. The number of hydrogen-bond acceptors (Lipinski definition) is 32. The number of carbonyl (C=O) groups excluding carboxylic acids is 8. The number of nitrogens with one attached hydrogen (secondary N) is 5. The summed E-state index contributed by atoms with van der Waals surface area (Å²) in [5.41, 5.74) is 3.00. The van der Waals surface area contributed by atoms with E-state index < -0.39 is 145 Å². The predicted octanol–water partition coefficient (Wildman–Crippen LogP) is 3.08. The zero-order valence-corrected chi connectivity index (χ0v) is 60.5. The predicted molar refractivity (Wildman–Crippen MR) is 372 cm³/mol. The van der Waals surface area contributed by atoms with Crippen LogP contribution >= 0.6 is 56.7 Å². The Labute approximate surface area is 610 Å². The number of aliphatic hydroxyl groups excluding tert-OH is 1. The molecule has 12 bridgehead atoms. The summed E-state index contributed by atoms with van der Waals surface area (Å²) >= 11 is 4.52. The van der Waals surface area contributed by atoms with Gasteiger partial charge in [0.1, 0.15) is 126 Å². The van der Waals surface area contributed by atoms with Crippen LogP contribution in [0.4, 0.5) is 0 Å². The minimum atomic E-state index is -1.92. The van der Waals surface area contributed by atoms with Crippen LogP contribution in [0.3, 0.4) is 0 Å². The van der Waals surface area contributed by atoms with E-state index in [1.165, 1.54) is 60.0 Å². The van der Waals surface area contributed by atoms with Crippen LogP contribution in [0.1, 0.15) is 125 Å². The van der Waals surface area contributed by atoms with Gasteiger partial charge in [-0.05, 0) is 59.5 Å². The number of pyridine rings is 1. The number of nitrogens with zero attached hydrogens (tertiary/aromatic N) is 9. The van der Waals surface area contributed by atoms with E-state index in [1.807, 2.05) is 4.90 Å². The minimum Gasteiger partial charge on any atom is -0.506 e. The number of nitrogens with two attached hydrogens (primary N) is 1. The monoisotopic (exact) mass is 1520 g/mol. The maximum absolute atomic E-state index is 15.2. The number of aromatic nitrogens is 7. The van der Waals surface area contributed by atoms with Crippen LogP contribution in [0.5, 0.6) is 5.75 Å². The normalized spacial score (nSPS) is 24.8. The van der Waals surface area contributed by atoms with Gasteiger partial charge in [-0.3, -0.25) is 33.7 Å². The third-order valence-electron chi connectivity index (χ3n) is 17.9. The molecule has 11 atom stereocenters. The Bertz CT molecular complexity index is 4730. The van der Waals surface area contributed by atoms with Crippen LogP contribution in [-0.4, -0.2) is 227 Å². The summed E-state index contributed by atoms with van der Waals surface area (Å²) in [4.78, 5) is 148. The lowest BCUT2D eigenvalue weighted by molar-refractivity contribution is -0.280. The Morgan fingerprint density at radius 3 is 2.24 bits per heavy atom. The molecule has 2 saturated heterocycles. The van der Waals surface area contributed by atoms with Gasteiger partial charge in [-0.25, -0.2) is 39.5 Å². The van der Waals surface area contributed by atoms with Crippen LogP contribution in [0, 0.1) is 0 Å². The van der Waals surface area contributed by atoms with E-state index in [0.29, 0.717) is 36.6 Å². The van der Waals surface area contributed by atoms with Crippen molar-refractivity contribution in [2.75, 3.05) is 60.7 Å². The maximum Gasteiger partial charge on any atom is 0.358 e. The van der Waals surface area contributed by atoms with Crippen LogP contribution in [-0.2, 0) is 60.8 Å². The molecule has 5 aliphatic heterocycles.